The number of pyridine rings is 1. The molecule has 0 atom stereocenters. The summed E-state index contributed by atoms with van der Waals surface area (Å²) in [5, 5.41) is 3.56. The molecule has 0 spiro atoms. The van der Waals surface area contributed by atoms with Gasteiger partial charge in [-0.15, -0.1) is 5.10 Å². The summed E-state index contributed by atoms with van der Waals surface area (Å²) in [4.78, 5) is 7.66. The van der Waals surface area contributed by atoms with Crippen LogP contribution in [-0.2, 0) is 6.18 Å². The van der Waals surface area contributed by atoms with Crippen LogP contribution in [0.3, 0.4) is 0 Å². The molecule has 0 saturated heterocycles. The Morgan fingerprint density at radius 1 is 1.04 bits per heavy atom. The van der Waals surface area contributed by atoms with E-state index in [9.17, 15) is 13.2 Å². The third kappa shape index (κ3) is 3.01. The smallest absolute Gasteiger partial charge is 0.453 e. The van der Waals surface area contributed by atoms with Crippen LogP contribution in [0, 0.1) is 0 Å². The molecule has 0 radical (unpaired) electrons. The van der Waals surface area contributed by atoms with E-state index in [0.29, 0.717) is 11.3 Å². The second kappa shape index (κ2) is 5.71. The number of alkyl halides is 3. The van der Waals surface area contributed by atoms with Crippen LogP contribution in [-0.4, -0.2) is 26.9 Å². The summed E-state index contributed by atoms with van der Waals surface area (Å²) in [5.74, 6) is -0.317. The van der Waals surface area contributed by atoms with Crippen molar-refractivity contribution >= 4 is 0 Å². The largest absolute Gasteiger partial charge is 0.497 e. The zero-order valence-electron chi connectivity index (χ0n) is 11.9. The maximum atomic E-state index is 13.0. The summed E-state index contributed by atoms with van der Waals surface area (Å²) in [5.41, 5.74) is 0.472. The quantitative estimate of drug-likeness (QED) is 0.742. The Morgan fingerprint density at radius 3 is 2.35 bits per heavy atom. The van der Waals surface area contributed by atoms with Gasteiger partial charge >= 0.3 is 6.18 Å². The van der Waals surface area contributed by atoms with Gasteiger partial charge in [0.05, 0.1) is 7.11 Å². The molecule has 0 saturated carbocycles. The van der Waals surface area contributed by atoms with Crippen molar-refractivity contribution < 1.29 is 17.9 Å². The fourth-order valence-corrected chi connectivity index (χ4v) is 2.00. The van der Waals surface area contributed by atoms with E-state index < -0.39 is 12.0 Å². The van der Waals surface area contributed by atoms with Gasteiger partial charge in [0.1, 0.15) is 5.75 Å². The molecule has 23 heavy (non-hydrogen) atoms. The van der Waals surface area contributed by atoms with Gasteiger partial charge < -0.3 is 4.74 Å². The van der Waals surface area contributed by atoms with Crippen molar-refractivity contribution in [3.63, 3.8) is 0 Å². The van der Waals surface area contributed by atoms with Gasteiger partial charge in [-0.2, -0.15) is 17.9 Å². The Kier molecular flexibility index (Phi) is 3.73. The van der Waals surface area contributed by atoms with Crippen LogP contribution in [0.1, 0.15) is 5.82 Å². The Morgan fingerprint density at radius 2 is 1.78 bits per heavy atom. The summed E-state index contributed by atoms with van der Waals surface area (Å²) in [7, 11) is 1.51. The molecule has 3 rings (SSSR count). The number of benzene rings is 1. The zero-order chi connectivity index (χ0) is 16.4. The van der Waals surface area contributed by atoms with Gasteiger partial charge in [0.15, 0.2) is 11.6 Å². The average molecular weight is 320 g/mol. The van der Waals surface area contributed by atoms with Crippen LogP contribution < -0.4 is 4.74 Å². The Hall–Kier alpha value is -2.90. The second-order valence-electron chi connectivity index (χ2n) is 4.59. The lowest BCUT2D eigenvalue weighted by Gasteiger charge is -2.05. The maximum absolute atomic E-state index is 13.0. The minimum atomic E-state index is -4.64. The van der Waals surface area contributed by atoms with Crippen LogP contribution in [0.15, 0.2) is 48.7 Å². The Balaban J connectivity index is 2.15. The van der Waals surface area contributed by atoms with E-state index in [1.807, 2.05) is 0 Å². The molecular formula is C15H11F3N4O. The first-order valence-electron chi connectivity index (χ1n) is 6.59. The summed E-state index contributed by atoms with van der Waals surface area (Å²) in [6.45, 7) is 0. The molecule has 2 heterocycles. The Bertz CT molecular complexity index is 798. The van der Waals surface area contributed by atoms with Crippen LogP contribution >= 0.6 is 0 Å². The minimum Gasteiger partial charge on any atom is -0.497 e. The molecule has 0 fully saturated rings. The van der Waals surface area contributed by atoms with Crippen molar-refractivity contribution in [1.82, 2.24) is 19.7 Å². The molecule has 0 unspecified atom stereocenters. The van der Waals surface area contributed by atoms with E-state index >= 15 is 0 Å². The van der Waals surface area contributed by atoms with E-state index in [-0.39, 0.29) is 11.6 Å². The molecule has 0 aliphatic heterocycles. The summed E-state index contributed by atoms with van der Waals surface area (Å²) in [6.07, 6.45) is -3.16. The van der Waals surface area contributed by atoms with Crippen molar-refractivity contribution in [3.8, 4) is 23.0 Å². The van der Waals surface area contributed by atoms with Crippen LogP contribution in [0.4, 0.5) is 13.2 Å². The lowest BCUT2D eigenvalue weighted by molar-refractivity contribution is -0.144. The molecule has 0 N–H and O–H groups in total. The van der Waals surface area contributed by atoms with Crippen molar-refractivity contribution in [2.75, 3.05) is 7.11 Å². The van der Waals surface area contributed by atoms with E-state index in [2.05, 4.69) is 15.1 Å². The fourth-order valence-electron chi connectivity index (χ4n) is 2.00. The molecular weight excluding hydrogens is 309 g/mol. The number of rotatable bonds is 3. The predicted octanol–water partition coefficient (Wildman–Crippen LogP) is 3.36. The number of halogens is 3. The topological polar surface area (TPSA) is 52.8 Å². The molecule has 3 aromatic rings. The monoisotopic (exact) mass is 320 g/mol. The van der Waals surface area contributed by atoms with Gasteiger partial charge in [0, 0.05) is 11.8 Å². The van der Waals surface area contributed by atoms with Gasteiger partial charge in [0.25, 0.3) is 5.82 Å². The molecule has 8 heteroatoms. The lowest BCUT2D eigenvalue weighted by Crippen LogP contribution is -2.09. The van der Waals surface area contributed by atoms with Crippen LogP contribution in [0.5, 0.6) is 5.75 Å². The van der Waals surface area contributed by atoms with Crippen molar-refractivity contribution in [2.45, 2.75) is 6.18 Å². The summed E-state index contributed by atoms with van der Waals surface area (Å²) >= 11 is 0. The normalized spacial score (nSPS) is 11.5. The first-order chi connectivity index (χ1) is 11.0. The van der Waals surface area contributed by atoms with E-state index in [1.54, 1.807) is 42.5 Å². The minimum absolute atomic E-state index is 0.0543. The summed E-state index contributed by atoms with van der Waals surface area (Å²) in [6, 6.07) is 11.4. The predicted molar refractivity (Wildman–Crippen MR) is 76.1 cm³/mol. The van der Waals surface area contributed by atoms with Crippen molar-refractivity contribution in [2.24, 2.45) is 0 Å². The number of aromatic nitrogens is 4. The van der Waals surface area contributed by atoms with Crippen LogP contribution in [0.2, 0.25) is 0 Å². The number of methoxy groups -OCH3 is 1. The van der Waals surface area contributed by atoms with Crippen LogP contribution in [0.25, 0.3) is 17.2 Å². The molecule has 5 nitrogen and oxygen atoms in total. The van der Waals surface area contributed by atoms with Gasteiger partial charge in [-0.3, -0.25) is 0 Å². The molecule has 2 aromatic heterocycles. The van der Waals surface area contributed by atoms with Gasteiger partial charge in [-0.25, -0.2) is 9.97 Å². The second-order valence-corrected chi connectivity index (χ2v) is 4.59. The zero-order valence-corrected chi connectivity index (χ0v) is 11.9. The first-order valence-corrected chi connectivity index (χ1v) is 6.59. The standard InChI is InChI=1S/C15H11F3N4O/c1-23-11-7-5-10(6-8-11)13-20-14(15(16,17)18)21-22(13)12-4-2-3-9-19-12/h2-9H,1H3. The molecule has 0 bridgehead atoms. The molecule has 0 aliphatic carbocycles. The van der Waals surface area contributed by atoms with E-state index in [0.717, 1.165) is 4.68 Å². The lowest BCUT2D eigenvalue weighted by atomic mass is 10.2. The van der Waals surface area contributed by atoms with E-state index in [4.69, 9.17) is 4.74 Å². The number of hydrogen-bond acceptors (Lipinski definition) is 4. The highest BCUT2D eigenvalue weighted by Crippen LogP contribution is 2.30. The third-order valence-electron chi connectivity index (χ3n) is 3.08. The number of ether oxygens (including phenoxy) is 1. The highest BCUT2D eigenvalue weighted by atomic mass is 19.4. The highest BCUT2D eigenvalue weighted by Gasteiger charge is 2.37. The van der Waals surface area contributed by atoms with Gasteiger partial charge in [-0.05, 0) is 36.4 Å². The molecule has 0 amide bonds. The number of hydrogen-bond donors (Lipinski definition) is 0. The van der Waals surface area contributed by atoms with E-state index in [1.165, 1.54) is 13.3 Å². The molecule has 0 aliphatic rings. The first kappa shape index (κ1) is 15.0. The van der Waals surface area contributed by atoms with Crippen molar-refractivity contribution in [3.05, 3.63) is 54.5 Å². The molecule has 1 aromatic carbocycles. The SMILES string of the molecule is COc1ccc(-c2nc(C(F)(F)F)nn2-c2ccccn2)cc1. The van der Waals surface area contributed by atoms with Gasteiger partial charge in [0.2, 0.25) is 0 Å². The summed E-state index contributed by atoms with van der Waals surface area (Å²) < 4.78 is 45.0. The average Bonchev–Trinajstić information content (AvgIpc) is 3.01. The maximum Gasteiger partial charge on any atom is 0.453 e. The Labute approximate surface area is 129 Å². The molecule has 118 valence electrons. The van der Waals surface area contributed by atoms with Gasteiger partial charge in [-0.1, -0.05) is 6.07 Å². The highest BCUT2D eigenvalue weighted by molar-refractivity contribution is 5.58. The van der Waals surface area contributed by atoms with Crippen molar-refractivity contribution in [1.29, 1.82) is 0 Å². The fraction of sp³-hybridized carbons (Fsp3) is 0.133. The third-order valence-corrected chi connectivity index (χ3v) is 3.08. The number of nitrogens with zero attached hydrogens (tertiary/aromatic N) is 4.